The Morgan fingerprint density at radius 2 is 1.62 bits per heavy atom. The topological polar surface area (TPSA) is 78.2 Å². The molecule has 13 heavy (non-hydrogen) atoms. The molecule has 0 atom stereocenters. The molecule has 2 N–H and O–H groups in total. The second-order valence-electron chi connectivity index (χ2n) is 2.91. The highest BCUT2D eigenvalue weighted by Gasteiger charge is 2.16. The van der Waals surface area contributed by atoms with Crippen LogP contribution < -0.4 is 5.73 Å². The summed E-state index contributed by atoms with van der Waals surface area (Å²) in [6, 6.07) is 2.80. The van der Waals surface area contributed by atoms with E-state index >= 15 is 0 Å². The van der Waals surface area contributed by atoms with Gasteiger partial charge in [-0.1, -0.05) is 0 Å². The fourth-order valence-electron chi connectivity index (χ4n) is 1.36. The summed E-state index contributed by atoms with van der Waals surface area (Å²) in [4.78, 5) is -0.0940. The zero-order valence-electron chi connectivity index (χ0n) is 7.33. The lowest BCUT2D eigenvalue weighted by atomic mass is 10.1. The molecule has 0 aliphatic rings. The lowest BCUT2D eigenvalue weighted by molar-refractivity contribution is 0.482. The molecule has 71 valence electrons. The van der Waals surface area contributed by atoms with Gasteiger partial charge >= 0.3 is 0 Å². The van der Waals surface area contributed by atoms with Crippen molar-refractivity contribution in [2.24, 2.45) is 0 Å². The summed E-state index contributed by atoms with van der Waals surface area (Å²) in [6.45, 7) is 3.10. The molecule has 1 rings (SSSR count). The Bertz CT molecular complexity index is 414. The highest BCUT2D eigenvalue weighted by Crippen LogP contribution is 2.22. The minimum Gasteiger partial charge on any atom is -0.301 e. The largest absolute Gasteiger partial charge is 0.301 e. The van der Waals surface area contributed by atoms with E-state index < -0.39 is 10.1 Å². The van der Waals surface area contributed by atoms with E-state index in [-0.39, 0.29) is 10.6 Å². The number of aryl methyl sites for hydroxylation is 2. The van der Waals surface area contributed by atoms with Crippen LogP contribution in [0.25, 0.3) is 0 Å². The first kappa shape index (κ1) is 10.0. The molecular formula is C8H10NO3S. The molecule has 0 bridgehead atoms. The van der Waals surface area contributed by atoms with Gasteiger partial charge < -0.3 is 5.73 Å². The van der Waals surface area contributed by atoms with Crippen molar-refractivity contribution in [2.45, 2.75) is 18.7 Å². The molecule has 5 heteroatoms. The van der Waals surface area contributed by atoms with Gasteiger partial charge in [0.15, 0.2) is 0 Å². The third-order valence-corrected chi connectivity index (χ3v) is 2.88. The van der Waals surface area contributed by atoms with Gasteiger partial charge in [-0.2, -0.15) is 8.42 Å². The Hall–Kier alpha value is -1.07. The van der Waals surface area contributed by atoms with Crippen LogP contribution in [-0.2, 0) is 10.1 Å². The molecule has 4 nitrogen and oxygen atoms in total. The smallest absolute Gasteiger partial charge is 0.295 e. The van der Waals surface area contributed by atoms with Gasteiger partial charge in [0.05, 0.1) is 10.6 Å². The lowest BCUT2D eigenvalue weighted by Gasteiger charge is -2.06. The summed E-state index contributed by atoms with van der Waals surface area (Å²) in [5, 5.41) is 0. The lowest BCUT2D eigenvalue weighted by Crippen LogP contribution is -2.03. The van der Waals surface area contributed by atoms with Gasteiger partial charge in [0.25, 0.3) is 10.1 Å². The molecule has 0 heterocycles. The van der Waals surface area contributed by atoms with E-state index in [9.17, 15) is 8.42 Å². The van der Waals surface area contributed by atoms with Crippen molar-refractivity contribution < 1.29 is 13.0 Å². The summed E-state index contributed by atoms with van der Waals surface area (Å²) >= 11 is 0. The molecule has 0 aliphatic heterocycles. The first-order valence-corrected chi connectivity index (χ1v) is 5.06. The number of hydrogen-bond donors (Lipinski definition) is 1. The maximum absolute atomic E-state index is 10.9. The molecule has 0 aromatic heterocycles. The van der Waals surface area contributed by atoms with Gasteiger partial charge in [-0.05, 0) is 37.1 Å². The molecule has 0 fully saturated rings. The average molecular weight is 200 g/mol. The first-order chi connectivity index (χ1) is 5.82. The van der Waals surface area contributed by atoms with E-state index in [4.69, 9.17) is 10.3 Å². The molecule has 0 saturated carbocycles. The quantitative estimate of drug-likeness (QED) is 0.697. The van der Waals surface area contributed by atoms with Crippen LogP contribution in [0.2, 0.25) is 0 Å². The SMILES string of the molecule is Cc1cc([NH])cc(C)c1S(=O)(=O)O. The second-order valence-corrected chi connectivity index (χ2v) is 4.27. The van der Waals surface area contributed by atoms with Crippen molar-refractivity contribution in [3.8, 4) is 0 Å². The van der Waals surface area contributed by atoms with Gasteiger partial charge in [-0.25, -0.2) is 0 Å². The number of rotatable bonds is 1. The Morgan fingerprint density at radius 3 is 1.92 bits per heavy atom. The predicted molar refractivity (Wildman–Crippen MR) is 48.5 cm³/mol. The highest BCUT2D eigenvalue weighted by atomic mass is 32.2. The van der Waals surface area contributed by atoms with Crippen LogP contribution in [0.5, 0.6) is 0 Å². The van der Waals surface area contributed by atoms with Crippen LogP contribution >= 0.6 is 0 Å². The minimum atomic E-state index is -4.16. The molecule has 1 radical (unpaired) electrons. The Balaban J connectivity index is 3.57. The first-order valence-electron chi connectivity index (χ1n) is 3.62. The van der Waals surface area contributed by atoms with Crippen LogP contribution in [0.4, 0.5) is 5.69 Å². The number of hydrogen-bond acceptors (Lipinski definition) is 2. The normalized spacial score (nSPS) is 11.6. The summed E-state index contributed by atoms with van der Waals surface area (Å²) < 4.78 is 30.6. The van der Waals surface area contributed by atoms with Crippen LogP contribution in [0.3, 0.4) is 0 Å². The van der Waals surface area contributed by atoms with Crippen molar-refractivity contribution in [1.82, 2.24) is 5.73 Å². The molecular weight excluding hydrogens is 190 g/mol. The van der Waals surface area contributed by atoms with Gasteiger partial charge in [0.1, 0.15) is 0 Å². The number of nitrogens with one attached hydrogen (secondary N) is 1. The van der Waals surface area contributed by atoms with Crippen molar-refractivity contribution in [2.75, 3.05) is 0 Å². The maximum Gasteiger partial charge on any atom is 0.295 e. The number of benzene rings is 1. The van der Waals surface area contributed by atoms with Gasteiger partial charge in [-0.3, -0.25) is 4.55 Å². The van der Waals surface area contributed by atoms with Gasteiger partial charge in [-0.15, -0.1) is 0 Å². The molecule has 0 saturated heterocycles. The van der Waals surface area contributed by atoms with E-state index in [1.165, 1.54) is 12.1 Å². The Morgan fingerprint density at radius 1 is 1.23 bits per heavy atom. The zero-order valence-corrected chi connectivity index (χ0v) is 8.14. The third-order valence-electron chi connectivity index (χ3n) is 1.72. The molecule has 0 spiro atoms. The molecule has 1 aromatic rings. The highest BCUT2D eigenvalue weighted by molar-refractivity contribution is 7.86. The van der Waals surface area contributed by atoms with Gasteiger partial charge in [0, 0.05) is 0 Å². The Labute approximate surface area is 77.1 Å². The molecule has 0 unspecified atom stereocenters. The van der Waals surface area contributed by atoms with Crippen LogP contribution in [0.15, 0.2) is 17.0 Å². The van der Waals surface area contributed by atoms with E-state index in [2.05, 4.69) is 0 Å². The van der Waals surface area contributed by atoms with Crippen molar-refractivity contribution >= 4 is 15.8 Å². The van der Waals surface area contributed by atoms with E-state index in [0.717, 1.165) is 0 Å². The second kappa shape index (κ2) is 3.01. The molecule has 0 aliphatic carbocycles. The monoisotopic (exact) mass is 200 g/mol. The molecule has 0 amide bonds. The molecule has 1 aromatic carbocycles. The Kier molecular flexibility index (Phi) is 2.32. The van der Waals surface area contributed by atoms with Crippen LogP contribution in [-0.4, -0.2) is 13.0 Å². The summed E-state index contributed by atoms with van der Waals surface area (Å²) in [6.07, 6.45) is 0. The maximum atomic E-state index is 10.9. The fraction of sp³-hybridized carbons (Fsp3) is 0.250. The van der Waals surface area contributed by atoms with Crippen LogP contribution in [0, 0.1) is 13.8 Å². The standard InChI is InChI=1S/C8H10NO3S/c1-5-3-7(9)4-6(2)8(5)13(10,11)12/h3-4,9H,1-2H3,(H,10,11,12). The average Bonchev–Trinajstić information content (AvgIpc) is 1.78. The van der Waals surface area contributed by atoms with E-state index in [1.54, 1.807) is 13.8 Å². The fourth-order valence-corrected chi connectivity index (χ4v) is 2.29. The van der Waals surface area contributed by atoms with Crippen LogP contribution in [0.1, 0.15) is 11.1 Å². The van der Waals surface area contributed by atoms with Crippen molar-refractivity contribution in [1.29, 1.82) is 0 Å². The summed E-state index contributed by atoms with van der Waals surface area (Å²) in [5.74, 6) is 0. The predicted octanol–water partition coefficient (Wildman–Crippen LogP) is 1.46. The zero-order chi connectivity index (χ0) is 10.2. The van der Waals surface area contributed by atoms with Crippen molar-refractivity contribution in [3.63, 3.8) is 0 Å². The van der Waals surface area contributed by atoms with Gasteiger partial charge in [0.2, 0.25) is 0 Å². The van der Waals surface area contributed by atoms with E-state index in [1.807, 2.05) is 0 Å². The van der Waals surface area contributed by atoms with Crippen molar-refractivity contribution in [3.05, 3.63) is 23.3 Å². The minimum absolute atomic E-state index is 0.0940. The summed E-state index contributed by atoms with van der Waals surface area (Å²) in [5.41, 5.74) is 8.33. The van der Waals surface area contributed by atoms with E-state index in [0.29, 0.717) is 11.1 Å². The third kappa shape index (κ3) is 1.99. The summed E-state index contributed by atoms with van der Waals surface area (Å²) in [7, 11) is -4.16.